The molecule has 0 saturated carbocycles. The Morgan fingerprint density at radius 2 is 2.00 bits per heavy atom. The molecular formula is C18H29N3. The van der Waals surface area contributed by atoms with Crippen molar-refractivity contribution in [3.63, 3.8) is 0 Å². The van der Waals surface area contributed by atoms with E-state index in [9.17, 15) is 0 Å². The van der Waals surface area contributed by atoms with Gasteiger partial charge in [-0.3, -0.25) is 0 Å². The van der Waals surface area contributed by atoms with Gasteiger partial charge in [-0.2, -0.15) is 0 Å². The Morgan fingerprint density at radius 1 is 1.19 bits per heavy atom. The van der Waals surface area contributed by atoms with Crippen molar-refractivity contribution in [2.75, 3.05) is 19.6 Å². The molecule has 1 atom stereocenters. The second kappa shape index (κ2) is 8.20. The first kappa shape index (κ1) is 16.1. The van der Waals surface area contributed by atoms with Crippen LogP contribution in [0.15, 0.2) is 30.5 Å². The quantitative estimate of drug-likeness (QED) is 0.735. The molecule has 116 valence electrons. The maximum Gasteiger partial charge on any atom is 0.0457 e. The zero-order chi connectivity index (χ0) is 15.1. The zero-order valence-electron chi connectivity index (χ0n) is 13.7. The molecule has 2 rings (SSSR count). The molecule has 0 aliphatic rings. The number of benzene rings is 1. The van der Waals surface area contributed by atoms with E-state index in [1.165, 1.54) is 35.9 Å². The van der Waals surface area contributed by atoms with Crippen molar-refractivity contribution in [2.45, 2.75) is 46.2 Å². The summed E-state index contributed by atoms with van der Waals surface area (Å²) in [6.07, 6.45) is 4.50. The normalized spacial score (nSPS) is 13.1. The summed E-state index contributed by atoms with van der Waals surface area (Å²) in [5.74, 6) is 0. The van der Waals surface area contributed by atoms with E-state index in [2.05, 4.69) is 60.2 Å². The summed E-state index contributed by atoms with van der Waals surface area (Å²) >= 11 is 0. The number of hydrogen-bond donors (Lipinski definition) is 2. The third-order valence-electron chi connectivity index (χ3n) is 4.28. The first-order valence-corrected chi connectivity index (χ1v) is 8.24. The van der Waals surface area contributed by atoms with Crippen LogP contribution in [0.1, 0.15) is 39.2 Å². The Balaban J connectivity index is 1.71. The zero-order valence-corrected chi connectivity index (χ0v) is 13.7. The molecule has 0 aliphatic heterocycles. The minimum atomic E-state index is 0.569. The average molecular weight is 287 g/mol. The largest absolute Gasteiger partial charge is 0.361 e. The average Bonchev–Trinajstić information content (AvgIpc) is 2.97. The number of rotatable bonds is 9. The van der Waals surface area contributed by atoms with Crippen molar-refractivity contribution in [1.29, 1.82) is 0 Å². The van der Waals surface area contributed by atoms with Gasteiger partial charge in [0, 0.05) is 24.3 Å². The Hall–Kier alpha value is -1.32. The number of hydrogen-bond acceptors (Lipinski definition) is 2. The Labute approximate surface area is 128 Å². The standard InChI is InChI=1S/C18H29N3/c1-4-21(5-2)12-6-7-15(3)20-14-16-8-9-17-10-11-19-18(17)13-16/h8-11,13,15,19-20H,4-7,12,14H2,1-3H3. The predicted octanol–water partition coefficient (Wildman–Crippen LogP) is 3.77. The van der Waals surface area contributed by atoms with Gasteiger partial charge in [0.1, 0.15) is 0 Å². The van der Waals surface area contributed by atoms with Gasteiger partial charge in [0.25, 0.3) is 0 Å². The van der Waals surface area contributed by atoms with E-state index >= 15 is 0 Å². The van der Waals surface area contributed by atoms with Gasteiger partial charge in [0.2, 0.25) is 0 Å². The molecule has 0 aliphatic carbocycles. The lowest BCUT2D eigenvalue weighted by Crippen LogP contribution is -2.28. The van der Waals surface area contributed by atoms with Crippen LogP contribution in [0.5, 0.6) is 0 Å². The number of aromatic amines is 1. The lowest BCUT2D eigenvalue weighted by atomic mass is 10.1. The Morgan fingerprint density at radius 3 is 2.76 bits per heavy atom. The van der Waals surface area contributed by atoms with Gasteiger partial charge >= 0.3 is 0 Å². The Kier molecular flexibility index (Phi) is 6.27. The van der Waals surface area contributed by atoms with E-state index in [1.807, 2.05) is 6.20 Å². The van der Waals surface area contributed by atoms with E-state index in [4.69, 9.17) is 0 Å². The summed E-state index contributed by atoms with van der Waals surface area (Å²) in [5, 5.41) is 4.92. The monoisotopic (exact) mass is 287 g/mol. The molecule has 1 aromatic carbocycles. The van der Waals surface area contributed by atoms with Crippen LogP contribution in [-0.4, -0.2) is 35.6 Å². The van der Waals surface area contributed by atoms with Gasteiger partial charge in [-0.25, -0.2) is 0 Å². The topological polar surface area (TPSA) is 31.1 Å². The van der Waals surface area contributed by atoms with E-state index in [0.717, 1.165) is 19.6 Å². The summed E-state index contributed by atoms with van der Waals surface area (Å²) < 4.78 is 0. The molecule has 1 aromatic heterocycles. The van der Waals surface area contributed by atoms with E-state index in [0.29, 0.717) is 6.04 Å². The second-order valence-corrected chi connectivity index (χ2v) is 5.85. The molecule has 2 aromatic rings. The van der Waals surface area contributed by atoms with E-state index in [-0.39, 0.29) is 0 Å². The highest BCUT2D eigenvalue weighted by Gasteiger charge is 2.04. The van der Waals surface area contributed by atoms with Crippen LogP contribution >= 0.6 is 0 Å². The summed E-state index contributed by atoms with van der Waals surface area (Å²) in [6, 6.07) is 9.33. The van der Waals surface area contributed by atoms with Crippen LogP contribution in [0.4, 0.5) is 0 Å². The summed E-state index contributed by atoms with van der Waals surface area (Å²) in [6.45, 7) is 11.2. The number of H-pyrrole nitrogens is 1. The lowest BCUT2D eigenvalue weighted by Gasteiger charge is -2.19. The number of aromatic nitrogens is 1. The van der Waals surface area contributed by atoms with Gasteiger partial charge in [-0.1, -0.05) is 26.0 Å². The molecule has 3 heteroatoms. The molecule has 0 saturated heterocycles. The number of fused-ring (bicyclic) bond motifs is 1. The Bertz CT molecular complexity index is 528. The van der Waals surface area contributed by atoms with Crippen molar-refractivity contribution < 1.29 is 0 Å². The van der Waals surface area contributed by atoms with Gasteiger partial charge in [0.05, 0.1) is 0 Å². The van der Waals surface area contributed by atoms with Gasteiger partial charge in [0.15, 0.2) is 0 Å². The van der Waals surface area contributed by atoms with Crippen LogP contribution in [0.25, 0.3) is 10.9 Å². The maximum absolute atomic E-state index is 3.63. The summed E-state index contributed by atoms with van der Waals surface area (Å²) in [7, 11) is 0. The van der Waals surface area contributed by atoms with Gasteiger partial charge in [-0.15, -0.1) is 0 Å². The number of nitrogens with zero attached hydrogens (tertiary/aromatic N) is 1. The second-order valence-electron chi connectivity index (χ2n) is 5.85. The van der Waals surface area contributed by atoms with E-state index < -0.39 is 0 Å². The highest BCUT2D eigenvalue weighted by molar-refractivity contribution is 5.79. The molecule has 0 fully saturated rings. The molecule has 2 N–H and O–H groups in total. The van der Waals surface area contributed by atoms with Crippen molar-refractivity contribution >= 4 is 10.9 Å². The molecule has 0 amide bonds. The SMILES string of the molecule is CCN(CC)CCCC(C)NCc1ccc2cc[nH]c2c1. The minimum Gasteiger partial charge on any atom is -0.361 e. The fourth-order valence-electron chi connectivity index (χ4n) is 2.76. The molecular weight excluding hydrogens is 258 g/mol. The van der Waals surface area contributed by atoms with Crippen LogP contribution in [0, 0.1) is 0 Å². The molecule has 0 bridgehead atoms. The van der Waals surface area contributed by atoms with Crippen molar-refractivity contribution in [2.24, 2.45) is 0 Å². The lowest BCUT2D eigenvalue weighted by molar-refractivity contribution is 0.290. The number of nitrogens with one attached hydrogen (secondary N) is 2. The first-order chi connectivity index (χ1) is 10.2. The van der Waals surface area contributed by atoms with Crippen LogP contribution in [0.2, 0.25) is 0 Å². The highest BCUT2D eigenvalue weighted by atomic mass is 15.1. The minimum absolute atomic E-state index is 0.569. The molecule has 0 spiro atoms. The molecule has 1 heterocycles. The van der Waals surface area contributed by atoms with Crippen molar-refractivity contribution in [3.05, 3.63) is 36.0 Å². The molecule has 21 heavy (non-hydrogen) atoms. The predicted molar refractivity (Wildman–Crippen MR) is 91.6 cm³/mol. The molecule has 3 nitrogen and oxygen atoms in total. The smallest absolute Gasteiger partial charge is 0.0457 e. The summed E-state index contributed by atoms with van der Waals surface area (Å²) in [4.78, 5) is 5.77. The third-order valence-corrected chi connectivity index (χ3v) is 4.28. The highest BCUT2D eigenvalue weighted by Crippen LogP contribution is 2.14. The molecule has 0 radical (unpaired) electrons. The van der Waals surface area contributed by atoms with Crippen LogP contribution in [-0.2, 0) is 6.54 Å². The van der Waals surface area contributed by atoms with Crippen molar-refractivity contribution in [1.82, 2.24) is 15.2 Å². The van der Waals surface area contributed by atoms with Crippen LogP contribution < -0.4 is 5.32 Å². The first-order valence-electron chi connectivity index (χ1n) is 8.24. The third kappa shape index (κ3) is 4.87. The van der Waals surface area contributed by atoms with Gasteiger partial charge < -0.3 is 15.2 Å². The fraction of sp³-hybridized carbons (Fsp3) is 0.556. The van der Waals surface area contributed by atoms with Crippen molar-refractivity contribution in [3.8, 4) is 0 Å². The van der Waals surface area contributed by atoms with Crippen LogP contribution in [0.3, 0.4) is 0 Å². The summed E-state index contributed by atoms with van der Waals surface area (Å²) in [5.41, 5.74) is 2.57. The fourth-order valence-corrected chi connectivity index (χ4v) is 2.76. The van der Waals surface area contributed by atoms with Gasteiger partial charge in [-0.05, 0) is 62.5 Å². The maximum atomic E-state index is 3.63. The molecule has 1 unspecified atom stereocenters. The van der Waals surface area contributed by atoms with E-state index in [1.54, 1.807) is 0 Å².